The summed E-state index contributed by atoms with van der Waals surface area (Å²) in [6.45, 7) is 0. The molecule has 0 bridgehead atoms. The first-order valence-electron chi connectivity index (χ1n) is 20.4. The highest BCUT2D eigenvalue weighted by Gasteiger charge is 2.22. The lowest BCUT2D eigenvalue weighted by atomic mass is 9.84. The summed E-state index contributed by atoms with van der Waals surface area (Å²) in [7, 11) is 0. The van der Waals surface area contributed by atoms with E-state index >= 15 is 0 Å². The van der Waals surface area contributed by atoms with Gasteiger partial charge in [-0.2, -0.15) is 0 Å². The number of para-hydroxylation sites is 3. The lowest BCUT2D eigenvalue weighted by Crippen LogP contribution is -1.99. The molecule has 0 saturated heterocycles. The van der Waals surface area contributed by atoms with Gasteiger partial charge in [0, 0.05) is 11.3 Å². The SMILES string of the molecule is [2H]c1c([2H])c([2H])c(-n2c(-c3ccccc3-c3c4ccccc4c(-c4c([2H])c([2H])c5c([2H])c([2H])c([2H])c([2H])c5c4[2H])c4ccccc34)nc3ccccc32)c([2H])c1[2H]. The van der Waals surface area contributed by atoms with Crippen LogP contribution in [-0.4, -0.2) is 9.55 Å². The molecular weight excluding hydrogens is 544 g/mol. The maximum atomic E-state index is 9.44. The molecule has 9 aromatic rings. The van der Waals surface area contributed by atoms with Gasteiger partial charge in [-0.3, -0.25) is 4.57 Å². The van der Waals surface area contributed by atoms with Crippen molar-refractivity contribution in [1.29, 1.82) is 0 Å². The maximum absolute atomic E-state index is 9.44. The number of benzene rings is 8. The third-order valence-electron chi connectivity index (χ3n) is 8.14. The third kappa shape index (κ3) is 4.07. The highest BCUT2D eigenvalue weighted by Crippen LogP contribution is 2.46. The van der Waals surface area contributed by atoms with Crippen LogP contribution in [0.1, 0.15) is 16.4 Å². The topological polar surface area (TPSA) is 17.8 Å². The van der Waals surface area contributed by atoms with Gasteiger partial charge in [0.2, 0.25) is 0 Å². The van der Waals surface area contributed by atoms with E-state index in [-0.39, 0.29) is 46.2 Å². The van der Waals surface area contributed by atoms with Crippen LogP contribution in [-0.2, 0) is 0 Å². The number of hydrogen-bond donors (Lipinski definition) is 0. The minimum Gasteiger partial charge on any atom is -0.292 e. The summed E-state index contributed by atoms with van der Waals surface area (Å²) in [6, 6.07) is 24.4. The Balaban J connectivity index is 1.41. The van der Waals surface area contributed by atoms with Crippen molar-refractivity contribution in [3.05, 3.63) is 170 Å². The molecule has 210 valence electrons. The van der Waals surface area contributed by atoms with Gasteiger partial charge in [0.1, 0.15) is 5.82 Å². The zero-order valence-corrected chi connectivity index (χ0v) is 23.6. The van der Waals surface area contributed by atoms with E-state index in [1.807, 2.05) is 78.9 Å². The molecule has 9 rings (SSSR count). The fraction of sp³-hybridized carbons (Fsp3) is 0. The summed E-state index contributed by atoms with van der Waals surface area (Å²) in [5.41, 5.74) is 3.62. The number of imidazole rings is 1. The number of fused-ring (bicyclic) bond motifs is 4. The van der Waals surface area contributed by atoms with Gasteiger partial charge in [-0.05, 0) is 84.8 Å². The molecule has 0 radical (unpaired) electrons. The Morgan fingerprint density at radius 1 is 0.489 bits per heavy atom. The predicted octanol–water partition coefficient (Wildman–Crippen LogP) is 11.5. The predicted molar refractivity (Wildman–Crippen MR) is 190 cm³/mol. The van der Waals surface area contributed by atoms with Crippen LogP contribution in [0.3, 0.4) is 0 Å². The first-order valence-corrected chi connectivity index (χ1v) is 14.4. The smallest absolute Gasteiger partial charge is 0.146 e. The first-order chi connectivity index (χ1) is 27.3. The second kappa shape index (κ2) is 10.3. The second-order valence-electron chi connectivity index (χ2n) is 10.6. The molecule has 0 N–H and O–H groups in total. The van der Waals surface area contributed by atoms with E-state index in [1.165, 1.54) is 0 Å². The van der Waals surface area contributed by atoms with Crippen molar-refractivity contribution in [2.75, 3.05) is 0 Å². The Morgan fingerprint density at radius 3 is 1.80 bits per heavy atom. The van der Waals surface area contributed by atoms with Crippen LogP contribution in [0, 0.1) is 0 Å². The molecule has 0 fully saturated rings. The van der Waals surface area contributed by atoms with Gasteiger partial charge in [-0.15, -0.1) is 0 Å². The van der Waals surface area contributed by atoms with Crippen LogP contribution >= 0.6 is 0 Å². The summed E-state index contributed by atoms with van der Waals surface area (Å²) in [5, 5.41) is 2.37. The molecule has 0 aliphatic carbocycles. The molecular formula is C43H28N2. The standard InChI is InChI=1S/C43H28N2/c1-2-16-32(17-3-1)45-40-25-13-12-24-39(40)44-43(45)38-23-11-10-22-37(38)42-35-20-8-6-18-33(35)41(34-19-7-9-21-36(34)42)31-27-26-29-14-4-5-15-30(29)28-31/h1-28H/i1D,2D,3D,4D,5D,14D,15D,16D,17D,26D,27D,28D. The van der Waals surface area contributed by atoms with E-state index in [0.717, 1.165) is 5.56 Å². The summed E-state index contributed by atoms with van der Waals surface area (Å²) in [6.07, 6.45) is 0. The van der Waals surface area contributed by atoms with Crippen molar-refractivity contribution in [2.24, 2.45) is 0 Å². The number of rotatable bonds is 4. The normalized spacial score (nSPS) is 15.3. The highest BCUT2D eigenvalue weighted by molar-refractivity contribution is 6.22. The number of aromatic nitrogens is 2. The summed E-state index contributed by atoms with van der Waals surface area (Å²) in [4.78, 5) is 5.02. The highest BCUT2D eigenvalue weighted by atomic mass is 15.1. The minimum absolute atomic E-state index is 0.0454. The lowest BCUT2D eigenvalue weighted by Gasteiger charge is -2.20. The van der Waals surface area contributed by atoms with Crippen LogP contribution < -0.4 is 0 Å². The molecule has 0 unspecified atom stereocenters. The molecule has 0 atom stereocenters. The Hall–Kier alpha value is -5.99. The summed E-state index contributed by atoms with van der Waals surface area (Å²) < 4.78 is 106. The van der Waals surface area contributed by atoms with Gasteiger partial charge < -0.3 is 0 Å². The maximum Gasteiger partial charge on any atom is 0.146 e. The fourth-order valence-electron chi connectivity index (χ4n) is 6.28. The van der Waals surface area contributed by atoms with Crippen molar-refractivity contribution in [3.63, 3.8) is 0 Å². The summed E-state index contributed by atoms with van der Waals surface area (Å²) in [5.74, 6) is 0.340. The van der Waals surface area contributed by atoms with Crippen molar-refractivity contribution >= 4 is 43.4 Å². The summed E-state index contributed by atoms with van der Waals surface area (Å²) >= 11 is 0. The van der Waals surface area contributed by atoms with Crippen LogP contribution in [0.4, 0.5) is 0 Å². The van der Waals surface area contributed by atoms with E-state index in [1.54, 1.807) is 22.8 Å². The van der Waals surface area contributed by atoms with Gasteiger partial charge in [-0.25, -0.2) is 4.98 Å². The molecule has 0 spiro atoms. The zero-order chi connectivity index (χ0) is 40.2. The lowest BCUT2D eigenvalue weighted by molar-refractivity contribution is 1.10. The van der Waals surface area contributed by atoms with Crippen molar-refractivity contribution in [1.82, 2.24) is 9.55 Å². The van der Waals surface area contributed by atoms with E-state index < -0.39 is 48.3 Å². The number of hydrogen-bond acceptors (Lipinski definition) is 1. The molecule has 0 saturated carbocycles. The van der Waals surface area contributed by atoms with Crippen LogP contribution in [0.5, 0.6) is 0 Å². The molecule has 1 aromatic heterocycles. The monoisotopic (exact) mass is 584 g/mol. The van der Waals surface area contributed by atoms with E-state index in [2.05, 4.69) is 0 Å². The van der Waals surface area contributed by atoms with Gasteiger partial charge >= 0.3 is 0 Å². The van der Waals surface area contributed by atoms with Crippen LogP contribution in [0.25, 0.3) is 82.7 Å². The molecule has 0 aliphatic heterocycles. The van der Waals surface area contributed by atoms with Gasteiger partial charge in [0.05, 0.1) is 27.5 Å². The van der Waals surface area contributed by atoms with Crippen molar-refractivity contribution in [3.8, 4) is 39.3 Å². The van der Waals surface area contributed by atoms with Crippen molar-refractivity contribution in [2.45, 2.75) is 0 Å². The first kappa shape index (κ1) is 16.2. The van der Waals surface area contributed by atoms with Crippen LogP contribution in [0.2, 0.25) is 0 Å². The van der Waals surface area contributed by atoms with E-state index in [4.69, 9.17) is 18.7 Å². The van der Waals surface area contributed by atoms with Crippen LogP contribution in [0.15, 0.2) is 170 Å². The Morgan fingerprint density at radius 2 is 1.07 bits per heavy atom. The Kier molecular flexibility index (Phi) is 3.71. The Labute approximate surface area is 278 Å². The molecule has 2 heteroatoms. The van der Waals surface area contributed by atoms with Gasteiger partial charge in [0.15, 0.2) is 0 Å². The average molecular weight is 585 g/mol. The largest absolute Gasteiger partial charge is 0.292 e. The molecule has 8 aromatic carbocycles. The van der Waals surface area contributed by atoms with Gasteiger partial charge in [-0.1, -0.05) is 139 Å². The van der Waals surface area contributed by atoms with Gasteiger partial charge in [0.25, 0.3) is 0 Å². The molecule has 0 aliphatic rings. The Bertz CT molecular complexity index is 3140. The quantitative estimate of drug-likeness (QED) is 0.188. The molecule has 45 heavy (non-hydrogen) atoms. The van der Waals surface area contributed by atoms with E-state index in [9.17, 15) is 2.74 Å². The molecule has 0 amide bonds. The average Bonchev–Trinajstić information content (AvgIpc) is 3.60. The van der Waals surface area contributed by atoms with E-state index in [0.29, 0.717) is 55.1 Å². The minimum atomic E-state index is -0.536. The second-order valence-corrected chi connectivity index (χ2v) is 10.6. The third-order valence-corrected chi connectivity index (χ3v) is 8.14. The molecule has 1 heterocycles. The van der Waals surface area contributed by atoms with Crippen molar-refractivity contribution < 1.29 is 16.4 Å². The fourth-order valence-corrected chi connectivity index (χ4v) is 6.28. The number of nitrogens with zero attached hydrogens (tertiary/aromatic N) is 2. The zero-order valence-electron chi connectivity index (χ0n) is 35.6. The molecule has 2 nitrogen and oxygen atoms in total.